The summed E-state index contributed by atoms with van der Waals surface area (Å²) < 4.78 is 4.57. The van der Waals surface area contributed by atoms with Crippen LogP contribution in [0.25, 0.3) is 0 Å². The zero-order valence-electron chi connectivity index (χ0n) is 4.99. The summed E-state index contributed by atoms with van der Waals surface area (Å²) in [5.74, 6) is 0.412. The maximum Gasteiger partial charge on any atom is 0.569 e. The zero-order valence-corrected chi connectivity index (χ0v) is 5.75. The van der Waals surface area contributed by atoms with Gasteiger partial charge in [-0.1, -0.05) is 11.6 Å². The Labute approximate surface area is 63.9 Å². The molecule has 0 aliphatic carbocycles. The Balaban J connectivity index is 2.75. The molecule has 1 aromatic heterocycles. The van der Waals surface area contributed by atoms with E-state index in [9.17, 15) is 0 Å². The van der Waals surface area contributed by atoms with Gasteiger partial charge >= 0.3 is 7.69 Å². The molecule has 0 fully saturated rings. The van der Waals surface area contributed by atoms with Crippen LogP contribution in [0.3, 0.4) is 0 Å². The molecule has 0 aliphatic rings. The molecule has 1 rings (SSSR count). The van der Waals surface area contributed by atoms with Crippen LogP contribution in [-0.4, -0.2) is 17.7 Å². The first-order valence-electron chi connectivity index (χ1n) is 2.56. The van der Waals surface area contributed by atoms with E-state index in [1.54, 1.807) is 6.07 Å². The summed E-state index contributed by atoms with van der Waals surface area (Å²) in [7, 11) is 0.577. The van der Waals surface area contributed by atoms with E-state index in [0.717, 1.165) is 0 Å². The molecule has 0 saturated carbocycles. The van der Waals surface area contributed by atoms with Crippen LogP contribution in [0.5, 0.6) is 5.75 Å². The maximum absolute atomic E-state index is 8.19. The minimum absolute atomic E-state index is 0.412. The largest absolute Gasteiger partial charge is 0.569 e. The average molecular weight is 156 g/mol. The van der Waals surface area contributed by atoms with Crippen molar-refractivity contribution < 1.29 is 9.68 Å². The highest BCUT2D eigenvalue weighted by molar-refractivity contribution is 6.30. The first kappa shape index (κ1) is 7.37. The van der Waals surface area contributed by atoms with Gasteiger partial charge in [0.15, 0.2) is 0 Å². The molecule has 0 spiro atoms. The lowest BCUT2D eigenvalue weighted by Crippen LogP contribution is -1.99. The van der Waals surface area contributed by atoms with Gasteiger partial charge in [-0.15, -0.1) is 0 Å². The summed E-state index contributed by atoms with van der Waals surface area (Å²) in [6.07, 6.45) is 2.92. The molecule has 0 saturated heterocycles. The van der Waals surface area contributed by atoms with Crippen molar-refractivity contribution in [3.8, 4) is 5.75 Å². The predicted octanol–water partition coefficient (Wildman–Crippen LogP) is 0.640. The molecule has 0 aliphatic heterocycles. The molecule has 51 valence electrons. The van der Waals surface area contributed by atoms with Gasteiger partial charge in [0.1, 0.15) is 5.75 Å². The van der Waals surface area contributed by atoms with Crippen molar-refractivity contribution in [3.63, 3.8) is 0 Å². The smallest absolute Gasteiger partial charge is 0.536 e. The quantitative estimate of drug-likeness (QED) is 0.639. The predicted molar refractivity (Wildman–Crippen MR) is 37.8 cm³/mol. The molecule has 0 bridgehead atoms. The molecule has 0 amide bonds. The number of aromatic nitrogens is 1. The third-order valence-electron chi connectivity index (χ3n) is 0.869. The van der Waals surface area contributed by atoms with Crippen LogP contribution in [0.15, 0.2) is 18.5 Å². The van der Waals surface area contributed by atoms with Crippen molar-refractivity contribution in [1.82, 2.24) is 4.98 Å². The lowest BCUT2D eigenvalue weighted by atomic mass is 10.4. The Morgan fingerprint density at radius 2 is 2.40 bits per heavy atom. The van der Waals surface area contributed by atoms with E-state index in [-0.39, 0.29) is 0 Å². The van der Waals surface area contributed by atoms with Gasteiger partial charge in [0.25, 0.3) is 0 Å². The van der Waals surface area contributed by atoms with Gasteiger partial charge in [-0.05, 0) is 0 Å². The van der Waals surface area contributed by atoms with Crippen molar-refractivity contribution >= 4 is 19.3 Å². The number of pyridine rings is 1. The number of halogens is 1. The van der Waals surface area contributed by atoms with E-state index in [4.69, 9.17) is 16.6 Å². The molecule has 0 atom stereocenters. The molecular formula is C5H4BClNO2. The van der Waals surface area contributed by atoms with E-state index in [1.165, 1.54) is 12.4 Å². The molecular weight excluding hydrogens is 152 g/mol. The second-order valence-electron chi connectivity index (χ2n) is 1.56. The number of hydrogen-bond donors (Lipinski definition) is 1. The number of rotatable bonds is 2. The van der Waals surface area contributed by atoms with Gasteiger partial charge in [0, 0.05) is 12.3 Å². The van der Waals surface area contributed by atoms with Crippen molar-refractivity contribution in [2.75, 3.05) is 0 Å². The Hall–Kier alpha value is -0.735. The van der Waals surface area contributed by atoms with Crippen LogP contribution in [0.4, 0.5) is 0 Å². The molecule has 0 unspecified atom stereocenters. The van der Waals surface area contributed by atoms with Gasteiger partial charge < -0.3 is 9.68 Å². The number of nitrogens with zero attached hydrogens (tertiary/aromatic N) is 1. The van der Waals surface area contributed by atoms with Gasteiger partial charge in [0.2, 0.25) is 0 Å². The standard InChI is InChI=1S/C5H4BClNO2/c7-4-1-5(10-6-9)3-8-2-4/h1-3,9H. The second kappa shape index (κ2) is 3.44. The third kappa shape index (κ3) is 1.90. The fourth-order valence-electron chi connectivity index (χ4n) is 0.518. The fourth-order valence-corrected chi connectivity index (χ4v) is 0.682. The van der Waals surface area contributed by atoms with E-state index >= 15 is 0 Å². The van der Waals surface area contributed by atoms with Gasteiger partial charge in [-0.25, -0.2) is 0 Å². The minimum Gasteiger partial charge on any atom is -0.536 e. The summed E-state index contributed by atoms with van der Waals surface area (Å²) >= 11 is 5.54. The summed E-state index contributed by atoms with van der Waals surface area (Å²) in [6.45, 7) is 0. The van der Waals surface area contributed by atoms with Gasteiger partial charge in [-0.3, -0.25) is 4.98 Å². The van der Waals surface area contributed by atoms with Crippen LogP contribution >= 0.6 is 11.6 Å². The molecule has 5 heteroatoms. The summed E-state index contributed by atoms with van der Waals surface area (Å²) in [6, 6.07) is 1.54. The highest BCUT2D eigenvalue weighted by Gasteiger charge is 1.94. The van der Waals surface area contributed by atoms with Crippen LogP contribution in [0.2, 0.25) is 5.02 Å². The molecule has 1 N–H and O–H groups in total. The molecule has 0 aromatic carbocycles. The minimum atomic E-state index is 0.412. The SMILES string of the molecule is O[B]Oc1cncc(Cl)c1. The van der Waals surface area contributed by atoms with Crippen molar-refractivity contribution in [2.24, 2.45) is 0 Å². The number of hydrogen-bond acceptors (Lipinski definition) is 3. The molecule has 10 heavy (non-hydrogen) atoms. The van der Waals surface area contributed by atoms with E-state index in [1.807, 2.05) is 0 Å². The Morgan fingerprint density at radius 1 is 1.60 bits per heavy atom. The summed E-state index contributed by atoms with van der Waals surface area (Å²) in [5.41, 5.74) is 0. The second-order valence-corrected chi connectivity index (χ2v) is 2.00. The summed E-state index contributed by atoms with van der Waals surface area (Å²) in [5, 5.41) is 8.66. The third-order valence-corrected chi connectivity index (χ3v) is 1.08. The lowest BCUT2D eigenvalue weighted by Gasteiger charge is -1.98. The Kier molecular flexibility index (Phi) is 2.53. The van der Waals surface area contributed by atoms with Crippen LogP contribution in [0, 0.1) is 0 Å². The topological polar surface area (TPSA) is 42.4 Å². The molecule has 1 aromatic rings. The van der Waals surface area contributed by atoms with Crippen molar-refractivity contribution in [3.05, 3.63) is 23.5 Å². The summed E-state index contributed by atoms with van der Waals surface area (Å²) in [4.78, 5) is 3.71. The van der Waals surface area contributed by atoms with Gasteiger partial charge in [0.05, 0.1) is 11.2 Å². The highest BCUT2D eigenvalue weighted by atomic mass is 35.5. The molecule has 1 radical (unpaired) electrons. The Morgan fingerprint density at radius 3 is 3.00 bits per heavy atom. The highest BCUT2D eigenvalue weighted by Crippen LogP contribution is 2.13. The average Bonchev–Trinajstić information content (AvgIpc) is 1.88. The maximum atomic E-state index is 8.19. The van der Waals surface area contributed by atoms with E-state index in [2.05, 4.69) is 9.64 Å². The van der Waals surface area contributed by atoms with Crippen LogP contribution in [0.1, 0.15) is 0 Å². The Bertz CT molecular complexity index is 221. The van der Waals surface area contributed by atoms with Crippen LogP contribution < -0.4 is 4.65 Å². The first-order valence-corrected chi connectivity index (χ1v) is 2.94. The van der Waals surface area contributed by atoms with E-state index < -0.39 is 0 Å². The van der Waals surface area contributed by atoms with Crippen molar-refractivity contribution in [1.29, 1.82) is 0 Å². The van der Waals surface area contributed by atoms with Crippen molar-refractivity contribution in [2.45, 2.75) is 0 Å². The van der Waals surface area contributed by atoms with Gasteiger partial charge in [-0.2, -0.15) is 0 Å². The fraction of sp³-hybridized carbons (Fsp3) is 0. The molecule has 1 heterocycles. The normalized spacial score (nSPS) is 9.00. The van der Waals surface area contributed by atoms with Crippen LogP contribution in [-0.2, 0) is 0 Å². The first-order chi connectivity index (χ1) is 4.83. The lowest BCUT2D eigenvalue weighted by molar-refractivity contribution is 0.452. The molecule has 3 nitrogen and oxygen atoms in total. The monoisotopic (exact) mass is 156 g/mol. The zero-order chi connectivity index (χ0) is 7.40. The van der Waals surface area contributed by atoms with E-state index in [0.29, 0.717) is 18.5 Å².